The van der Waals surface area contributed by atoms with Gasteiger partial charge in [0.15, 0.2) is 17.9 Å². The molecule has 1 fully saturated rings. The number of ether oxygens (including phenoxy) is 1. The molecule has 1 aliphatic rings. The lowest BCUT2D eigenvalue weighted by atomic mass is 9.91. The van der Waals surface area contributed by atoms with Crippen molar-refractivity contribution in [1.82, 2.24) is 20.3 Å². The van der Waals surface area contributed by atoms with Gasteiger partial charge in [0.05, 0.1) is 0 Å². The fourth-order valence-corrected chi connectivity index (χ4v) is 3.43. The summed E-state index contributed by atoms with van der Waals surface area (Å²) in [5.41, 5.74) is 1.31. The molecule has 0 aromatic carbocycles. The van der Waals surface area contributed by atoms with E-state index in [9.17, 15) is 4.79 Å². The molecule has 1 aliphatic heterocycles. The lowest BCUT2D eigenvalue weighted by Crippen LogP contribution is -2.41. The van der Waals surface area contributed by atoms with Gasteiger partial charge >= 0.3 is 0 Å². The van der Waals surface area contributed by atoms with Gasteiger partial charge in [-0.2, -0.15) is 0 Å². The second kappa shape index (κ2) is 7.41. The normalized spacial score (nSPS) is 18.9. The van der Waals surface area contributed by atoms with E-state index in [1.54, 1.807) is 7.11 Å². The molecule has 0 bridgehead atoms. The van der Waals surface area contributed by atoms with Crippen LogP contribution in [-0.2, 0) is 11.3 Å². The van der Waals surface area contributed by atoms with Crippen molar-refractivity contribution in [3.8, 4) is 0 Å². The van der Waals surface area contributed by atoms with Crippen LogP contribution in [0.1, 0.15) is 42.3 Å². The monoisotopic (exact) mass is 359 g/mol. The van der Waals surface area contributed by atoms with Crippen molar-refractivity contribution in [2.75, 3.05) is 25.1 Å². The number of nitrogens with one attached hydrogen (secondary N) is 1. The quantitative estimate of drug-likeness (QED) is 0.842. The van der Waals surface area contributed by atoms with Crippen LogP contribution in [0.25, 0.3) is 0 Å². The molecule has 8 nitrogen and oxygen atoms in total. The Hall–Kier alpha value is -2.48. The summed E-state index contributed by atoms with van der Waals surface area (Å²) in [5.74, 6) is 1.30. The third-order valence-electron chi connectivity index (χ3n) is 4.45. The van der Waals surface area contributed by atoms with E-state index in [1.165, 1.54) is 12.7 Å². The highest BCUT2D eigenvalue weighted by Crippen LogP contribution is 2.36. The van der Waals surface area contributed by atoms with Crippen LogP contribution < -0.4 is 10.2 Å². The number of amides is 1. The number of hydrogen-bond acceptors (Lipinski definition) is 7. The maximum absolute atomic E-state index is 12.2. The molecule has 0 saturated carbocycles. The van der Waals surface area contributed by atoms with E-state index in [0.29, 0.717) is 19.0 Å². The predicted molar refractivity (Wildman–Crippen MR) is 95.9 cm³/mol. The van der Waals surface area contributed by atoms with Crippen molar-refractivity contribution in [3.63, 3.8) is 0 Å². The van der Waals surface area contributed by atoms with Gasteiger partial charge in [-0.25, -0.2) is 15.0 Å². The van der Waals surface area contributed by atoms with E-state index < -0.39 is 0 Å². The maximum Gasteiger partial charge on any atom is 0.273 e. The van der Waals surface area contributed by atoms with Gasteiger partial charge in [0, 0.05) is 38.0 Å². The molecule has 26 heavy (non-hydrogen) atoms. The number of oxazole rings is 1. The van der Waals surface area contributed by atoms with E-state index in [0.717, 1.165) is 24.5 Å². The molecule has 1 atom stereocenters. The number of anilines is 1. The summed E-state index contributed by atoms with van der Waals surface area (Å²) in [6.45, 7) is 8.15. The smallest absolute Gasteiger partial charge is 0.273 e. The first-order valence-electron chi connectivity index (χ1n) is 8.64. The summed E-state index contributed by atoms with van der Waals surface area (Å²) in [5, 5.41) is 2.95. The van der Waals surface area contributed by atoms with Gasteiger partial charge in [-0.3, -0.25) is 4.79 Å². The van der Waals surface area contributed by atoms with E-state index in [-0.39, 0.29) is 23.1 Å². The third-order valence-corrected chi connectivity index (χ3v) is 4.45. The molecule has 3 rings (SSSR count). The van der Waals surface area contributed by atoms with Gasteiger partial charge < -0.3 is 19.4 Å². The van der Waals surface area contributed by atoms with Crippen LogP contribution in [-0.4, -0.2) is 47.1 Å². The fourth-order valence-electron chi connectivity index (χ4n) is 3.43. The van der Waals surface area contributed by atoms with Gasteiger partial charge in [-0.05, 0) is 18.8 Å². The van der Waals surface area contributed by atoms with E-state index in [2.05, 4.69) is 39.0 Å². The lowest BCUT2D eigenvalue weighted by Gasteiger charge is -2.26. The van der Waals surface area contributed by atoms with Gasteiger partial charge in [0.25, 0.3) is 5.91 Å². The van der Waals surface area contributed by atoms with Crippen molar-refractivity contribution >= 4 is 11.7 Å². The maximum atomic E-state index is 12.2. The zero-order valence-electron chi connectivity index (χ0n) is 15.7. The van der Waals surface area contributed by atoms with E-state index >= 15 is 0 Å². The Morgan fingerprint density at radius 2 is 2.27 bits per heavy atom. The Morgan fingerprint density at radius 3 is 2.96 bits per heavy atom. The molecule has 1 amide bonds. The van der Waals surface area contributed by atoms with Gasteiger partial charge in [0.2, 0.25) is 0 Å². The summed E-state index contributed by atoms with van der Waals surface area (Å²) < 4.78 is 10.0. The highest BCUT2D eigenvalue weighted by molar-refractivity contribution is 5.91. The lowest BCUT2D eigenvalue weighted by molar-refractivity contribution is 0.0945. The predicted octanol–water partition coefficient (Wildman–Crippen LogP) is 1.95. The number of aryl methyl sites for hydroxylation is 1. The molecule has 2 aromatic heterocycles. The molecule has 0 unspecified atom stereocenters. The standard InChI is InChI=1S/C18H25N5O3/c1-12-5-16(22-15(21-12)9-25-4)23-10-18(2,3)6-13(23)7-19-17(24)14-8-26-11-20-14/h5,8,11,13H,6-7,9-10H2,1-4H3,(H,19,24)/t13-/m0/s1. The minimum absolute atomic E-state index is 0.129. The molecular weight excluding hydrogens is 334 g/mol. The van der Waals surface area contributed by atoms with Crippen LogP contribution in [0, 0.1) is 12.3 Å². The molecule has 3 heterocycles. The minimum atomic E-state index is -0.234. The first-order chi connectivity index (χ1) is 12.4. The number of hydrogen-bond donors (Lipinski definition) is 1. The molecule has 0 spiro atoms. The number of carbonyl (C=O) groups excluding carboxylic acids is 1. The second-order valence-electron chi connectivity index (χ2n) is 7.45. The number of nitrogens with zero attached hydrogens (tertiary/aromatic N) is 4. The Morgan fingerprint density at radius 1 is 1.46 bits per heavy atom. The van der Waals surface area contributed by atoms with Crippen molar-refractivity contribution in [2.45, 2.75) is 39.8 Å². The Kier molecular flexibility index (Phi) is 5.22. The highest BCUT2D eigenvalue weighted by Gasteiger charge is 2.38. The van der Waals surface area contributed by atoms with Crippen LogP contribution in [0.2, 0.25) is 0 Å². The summed E-state index contributed by atoms with van der Waals surface area (Å²) in [6, 6.07) is 2.12. The largest absolute Gasteiger partial charge is 0.451 e. The van der Waals surface area contributed by atoms with E-state index in [4.69, 9.17) is 9.15 Å². The summed E-state index contributed by atoms with van der Waals surface area (Å²) in [4.78, 5) is 27.4. The minimum Gasteiger partial charge on any atom is -0.451 e. The number of carbonyl (C=O) groups is 1. The van der Waals surface area contributed by atoms with Crippen LogP contribution in [0.3, 0.4) is 0 Å². The van der Waals surface area contributed by atoms with Gasteiger partial charge in [0.1, 0.15) is 18.7 Å². The molecule has 0 aliphatic carbocycles. The first-order valence-corrected chi connectivity index (χ1v) is 8.64. The van der Waals surface area contributed by atoms with Crippen LogP contribution in [0.5, 0.6) is 0 Å². The van der Waals surface area contributed by atoms with E-state index in [1.807, 2.05) is 13.0 Å². The van der Waals surface area contributed by atoms with Gasteiger partial charge in [-0.1, -0.05) is 13.8 Å². The third kappa shape index (κ3) is 4.19. The summed E-state index contributed by atoms with van der Waals surface area (Å²) in [7, 11) is 1.63. The van der Waals surface area contributed by atoms with Crippen molar-refractivity contribution in [2.24, 2.45) is 5.41 Å². The average Bonchev–Trinajstić information content (AvgIpc) is 3.20. The summed E-state index contributed by atoms with van der Waals surface area (Å²) >= 11 is 0. The SMILES string of the molecule is COCc1nc(C)cc(N2CC(C)(C)C[C@H]2CNC(=O)c2cocn2)n1. The first kappa shape index (κ1) is 18.3. The zero-order valence-corrected chi connectivity index (χ0v) is 15.7. The van der Waals surface area contributed by atoms with Gasteiger partial charge in [-0.15, -0.1) is 0 Å². The molecule has 2 aromatic rings. The zero-order chi connectivity index (χ0) is 18.7. The number of rotatable bonds is 6. The van der Waals surface area contributed by atoms with Crippen LogP contribution in [0.15, 0.2) is 23.1 Å². The number of aromatic nitrogens is 3. The summed E-state index contributed by atoms with van der Waals surface area (Å²) in [6.07, 6.45) is 3.55. The van der Waals surface area contributed by atoms with Crippen molar-refractivity contribution in [1.29, 1.82) is 0 Å². The Labute approximate surface area is 153 Å². The molecule has 8 heteroatoms. The fraction of sp³-hybridized carbons (Fsp3) is 0.556. The number of methoxy groups -OCH3 is 1. The molecule has 1 saturated heterocycles. The molecule has 140 valence electrons. The van der Waals surface area contributed by atoms with Crippen LogP contribution in [0.4, 0.5) is 5.82 Å². The Balaban J connectivity index is 1.77. The van der Waals surface area contributed by atoms with Crippen molar-refractivity contribution < 1.29 is 13.9 Å². The van der Waals surface area contributed by atoms with Crippen molar-refractivity contribution in [3.05, 3.63) is 35.9 Å². The molecular formula is C18H25N5O3. The Bertz CT molecular complexity index is 760. The van der Waals surface area contributed by atoms with Crippen LogP contribution >= 0.6 is 0 Å². The topological polar surface area (TPSA) is 93.4 Å². The second-order valence-corrected chi connectivity index (χ2v) is 7.45. The highest BCUT2D eigenvalue weighted by atomic mass is 16.5. The molecule has 0 radical (unpaired) electrons. The molecule has 1 N–H and O–H groups in total. The average molecular weight is 359 g/mol.